The predicted octanol–water partition coefficient (Wildman–Crippen LogP) is 4.28. The van der Waals surface area contributed by atoms with Crippen molar-refractivity contribution in [2.45, 2.75) is 12.8 Å². The van der Waals surface area contributed by atoms with E-state index in [2.05, 4.69) is 10.6 Å². The van der Waals surface area contributed by atoms with Gasteiger partial charge in [0, 0.05) is 29.7 Å². The molecule has 2 aromatic rings. The van der Waals surface area contributed by atoms with Crippen molar-refractivity contribution in [3.05, 3.63) is 46.8 Å². The van der Waals surface area contributed by atoms with Crippen molar-refractivity contribution in [2.75, 3.05) is 23.7 Å². The molecular weight excluding hydrogens is 346 g/mol. The van der Waals surface area contributed by atoms with Crippen molar-refractivity contribution >= 4 is 45.6 Å². The zero-order valence-corrected chi connectivity index (χ0v) is 14.6. The van der Waals surface area contributed by atoms with Gasteiger partial charge in [-0.2, -0.15) is 0 Å². The number of anilines is 2. The van der Waals surface area contributed by atoms with E-state index in [0.29, 0.717) is 31.0 Å². The lowest BCUT2D eigenvalue weighted by atomic mass is 9.96. The van der Waals surface area contributed by atoms with Gasteiger partial charge in [-0.1, -0.05) is 11.6 Å². The number of likely N-dealkylation sites (tertiary alicyclic amines) is 1. The Kier molecular flexibility index (Phi) is 5.37. The number of nitrogens with one attached hydrogen (secondary N) is 2. The van der Waals surface area contributed by atoms with Crippen LogP contribution in [0.1, 0.15) is 12.8 Å². The average molecular weight is 364 g/mol. The molecule has 3 amide bonds. The fraction of sp³-hybridized carbons (Fsp3) is 0.294. The molecule has 0 unspecified atom stereocenters. The van der Waals surface area contributed by atoms with Crippen molar-refractivity contribution in [3.8, 4) is 0 Å². The van der Waals surface area contributed by atoms with Crippen LogP contribution in [0, 0.1) is 5.92 Å². The van der Waals surface area contributed by atoms with Crippen LogP contribution in [-0.4, -0.2) is 29.9 Å². The van der Waals surface area contributed by atoms with Gasteiger partial charge in [-0.25, -0.2) is 4.79 Å². The van der Waals surface area contributed by atoms with E-state index in [4.69, 9.17) is 11.6 Å². The first kappa shape index (κ1) is 16.8. The molecule has 5 nitrogen and oxygen atoms in total. The van der Waals surface area contributed by atoms with E-state index < -0.39 is 0 Å². The van der Waals surface area contributed by atoms with Crippen molar-refractivity contribution in [2.24, 2.45) is 5.92 Å². The summed E-state index contributed by atoms with van der Waals surface area (Å²) in [6, 6.07) is 10.7. The molecule has 0 bridgehead atoms. The maximum atomic E-state index is 12.3. The van der Waals surface area contributed by atoms with Crippen molar-refractivity contribution in [1.29, 1.82) is 0 Å². The lowest BCUT2D eigenvalue weighted by molar-refractivity contribution is -0.121. The van der Waals surface area contributed by atoms with Crippen LogP contribution in [0.3, 0.4) is 0 Å². The number of thiophene rings is 1. The number of rotatable bonds is 3. The monoisotopic (exact) mass is 363 g/mol. The summed E-state index contributed by atoms with van der Waals surface area (Å²) in [4.78, 5) is 26.3. The Morgan fingerprint density at radius 2 is 1.79 bits per heavy atom. The SMILES string of the molecule is O=C(Nc1ccc(Cl)cc1)C1CCN(C(=O)Nc2cccs2)CC1. The molecule has 1 aromatic carbocycles. The van der Waals surface area contributed by atoms with Crippen LogP contribution in [0.2, 0.25) is 5.02 Å². The van der Waals surface area contributed by atoms with Gasteiger partial charge in [0.2, 0.25) is 5.91 Å². The van der Waals surface area contributed by atoms with Crippen LogP contribution in [0.15, 0.2) is 41.8 Å². The minimum Gasteiger partial charge on any atom is -0.326 e. The summed E-state index contributed by atoms with van der Waals surface area (Å²) in [5.74, 6) is -0.0814. The van der Waals surface area contributed by atoms with Crippen LogP contribution in [0.5, 0.6) is 0 Å². The molecule has 3 rings (SSSR count). The number of benzene rings is 1. The van der Waals surface area contributed by atoms with Crippen LogP contribution in [0.25, 0.3) is 0 Å². The number of piperidine rings is 1. The summed E-state index contributed by atoms with van der Waals surface area (Å²) >= 11 is 7.33. The minimum absolute atomic E-state index is 0.00404. The molecule has 126 valence electrons. The maximum absolute atomic E-state index is 12.3. The van der Waals surface area contributed by atoms with Gasteiger partial charge in [0.25, 0.3) is 0 Å². The predicted molar refractivity (Wildman–Crippen MR) is 97.7 cm³/mol. The standard InChI is InChI=1S/C17H18ClN3O2S/c18-13-3-5-14(6-4-13)19-16(22)12-7-9-21(10-8-12)17(23)20-15-2-1-11-24-15/h1-6,11-12H,7-10H2,(H,19,22)(H,20,23). The molecule has 7 heteroatoms. The third-order valence-electron chi connectivity index (χ3n) is 4.02. The lowest BCUT2D eigenvalue weighted by Crippen LogP contribution is -2.43. The Morgan fingerprint density at radius 1 is 1.08 bits per heavy atom. The number of hydrogen-bond acceptors (Lipinski definition) is 3. The van der Waals surface area contributed by atoms with Crippen LogP contribution in [-0.2, 0) is 4.79 Å². The zero-order chi connectivity index (χ0) is 16.9. The van der Waals surface area contributed by atoms with E-state index in [1.807, 2.05) is 17.5 Å². The number of halogens is 1. The van der Waals surface area contributed by atoms with Crippen molar-refractivity contribution in [1.82, 2.24) is 4.90 Å². The summed E-state index contributed by atoms with van der Waals surface area (Å²) in [5, 5.41) is 9.17. The van der Waals surface area contributed by atoms with E-state index in [9.17, 15) is 9.59 Å². The van der Waals surface area contributed by atoms with Gasteiger partial charge >= 0.3 is 6.03 Å². The van der Waals surface area contributed by atoms with E-state index in [1.165, 1.54) is 11.3 Å². The van der Waals surface area contributed by atoms with Gasteiger partial charge in [-0.15, -0.1) is 11.3 Å². The number of amides is 3. The smallest absolute Gasteiger partial charge is 0.322 e. The molecule has 2 N–H and O–H groups in total. The highest BCUT2D eigenvalue weighted by molar-refractivity contribution is 7.14. The lowest BCUT2D eigenvalue weighted by Gasteiger charge is -2.31. The third kappa shape index (κ3) is 4.27. The molecule has 1 fully saturated rings. The van der Waals surface area contributed by atoms with Gasteiger partial charge in [-0.3, -0.25) is 10.1 Å². The van der Waals surface area contributed by atoms with Gasteiger partial charge in [-0.05, 0) is 54.6 Å². The highest BCUT2D eigenvalue weighted by atomic mass is 35.5. The molecule has 0 radical (unpaired) electrons. The fourth-order valence-corrected chi connectivity index (χ4v) is 3.39. The van der Waals surface area contributed by atoms with E-state index in [1.54, 1.807) is 29.2 Å². The highest BCUT2D eigenvalue weighted by Gasteiger charge is 2.27. The Labute approximate surface area is 149 Å². The summed E-state index contributed by atoms with van der Waals surface area (Å²) in [6.45, 7) is 1.16. The van der Waals surface area contributed by atoms with E-state index >= 15 is 0 Å². The molecule has 1 aliphatic rings. The highest BCUT2D eigenvalue weighted by Crippen LogP contribution is 2.22. The maximum Gasteiger partial charge on any atom is 0.322 e. The van der Waals surface area contributed by atoms with Crippen LogP contribution >= 0.6 is 22.9 Å². The fourth-order valence-electron chi connectivity index (χ4n) is 2.66. The van der Waals surface area contributed by atoms with Gasteiger partial charge < -0.3 is 10.2 Å². The van der Waals surface area contributed by atoms with Crippen LogP contribution in [0.4, 0.5) is 15.5 Å². The molecular formula is C17H18ClN3O2S. The Bertz CT molecular complexity index is 695. The molecule has 1 aromatic heterocycles. The van der Waals surface area contributed by atoms with Gasteiger partial charge in [0.1, 0.15) is 0 Å². The molecule has 1 saturated heterocycles. The van der Waals surface area contributed by atoms with Gasteiger partial charge in [0.05, 0.1) is 5.00 Å². The summed E-state index contributed by atoms with van der Waals surface area (Å²) in [6.07, 6.45) is 1.33. The molecule has 0 spiro atoms. The number of nitrogens with zero attached hydrogens (tertiary/aromatic N) is 1. The molecule has 1 aliphatic heterocycles. The molecule has 0 aliphatic carbocycles. The van der Waals surface area contributed by atoms with Crippen molar-refractivity contribution < 1.29 is 9.59 Å². The summed E-state index contributed by atoms with van der Waals surface area (Å²) in [7, 11) is 0. The molecule has 24 heavy (non-hydrogen) atoms. The second-order valence-corrected chi connectivity index (χ2v) is 7.05. The second kappa shape index (κ2) is 7.68. The number of carbonyl (C=O) groups is 2. The third-order valence-corrected chi connectivity index (χ3v) is 5.05. The quantitative estimate of drug-likeness (QED) is 0.854. The first-order chi connectivity index (χ1) is 11.6. The van der Waals surface area contributed by atoms with Gasteiger partial charge in [0.15, 0.2) is 0 Å². The Hall–Kier alpha value is -2.05. The largest absolute Gasteiger partial charge is 0.326 e. The number of hydrogen-bond donors (Lipinski definition) is 2. The topological polar surface area (TPSA) is 61.4 Å². The Balaban J connectivity index is 1.48. The van der Waals surface area contributed by atoms with E-state index in [0.717, 1.165) is 10.7 Å². The molecule has 0 atom stereocenters. The molecule has 0 saturated carbocycles. The zero-order valence-electron chi connectivity index (χ0n) is 13.0. The van der Waals surface area contributed by atoms with E-state index in [-0.39, 0.29) is 17.9 Å². The number of carbonyl (C=O) groups excluding carboxylic acids is 2. The van der Waals surface area contributed by atoms with Crippen molar-refractivity contribution in [3.63, 3.8) is 0 Å². The normalized spacial score (nSPS) is 15.1. The average Bonchev–Trinajstić information content (AvgIpc) is 3.10. The minimum atomic E-state index is -0.103. The summed E-state index contributed by atoms with van der Waals surface area (Å²) in [5.41, 5.74) is 0.738. The summed E-state index contributed by atoms with van der Waals surface area (Å²) < 4.78 is 0. The second-order valence-electron chi connectivity index (χ2n) is 5.66. The first-order valence-corrected chi connectivity index (χ1v) is 9.03. The number of urea groups is 1. The first-order valence-electron chi connectivity index (χ1n) is 7.77. The van der Waals surface area contributed by atoms with Crippen LogP contribution < -0.4 is 10.6 Å². The molecule has 2 heterocycles. The Morgan fingerprint density at radius 3 is 2.42 bits per heavy atom.